The molecule has 0 fully saturated rings. The second-order valence-corrected chi connectivity index (χ2v) is 5.76. The van der Waals surface area contributed by atoms with Crippen LogP contribution < -0.4 is 4.90 Å². The Bertz CT molecular complexity index is 747. The number of hydrogen-bond acceptors (Lipinski definition) is 3. The van der Waals surface area contributed by atoms with Crippen molar-refractivity contribution in [3.05, 3.63) is 53.4 Å². The van der Waals surface area contributed by atoms with Crippen LogP contribution in [0.1, 0.15) is 0 Å². The van der Waals surface area contributed by atoms with Crippen LogP contribution in [0, 0.1) is 0 Å². The molecule has 0 aliphatic rings. The number of hydrogen-bond donors (Lipinski definition) is 1. The molecule has 21 heavy (non-hydrogen) atoms. The van der Waals surface area contributed by atoms with Gasteiger partial charge in [-0.3, -0.25) is 0 Å². The summed E-state index contributed by atoms with van der Waals surface area (Å²) in [6, 6.07) is 12.2. The van der Waals surface area contributed by atoms with Crippen LogP contribution in [0.3, 0.4) is 0 Å². The first-order valence-corrected chi connectivity index (χ1v) is 7.38. The molecule has 1 aromatic carbocycles. The quantitative estimate of drug-likeness (QED) is 0.732. The molecule has 2 aromatic heterocycles. The van der Waals surface area contributed by atoms with Crippen molar-refractivity contribution in [2.24, 2.45) is 0 Å². The minimum Gasteiger partial charge on any atom is -0.378 e. The van der Waals surface area contributed by atoms with Gasteiger partial charge in [0.1, 0.15) is 10.4 Å². The summed E-state index contributed by atoms with van der Waals surface area (Å²) in [6.07, 6.45) is 3.68. The summed E-state index contributed by atoms with van der Waals surface area (Å²) in [7, 11) is 4.06. The van der Waals surface area contributed by atoms with Crippen LogP contribution in [0.5, 0.6) is 0 Å². The standard InChI is InChI=1S/C16H15BrN4/c1-21(2)13-5-3-11(4-6-13)16-19-10-14(20-16)12-7-8-18-15(17)9-12/h3-10H,1-2H3,(H,19,20). The highest BCUT2D eigenvalue weighted by Crippen LogP contribution is 2.24. The predicted octanol–water partition coefficient (Wildman–Crippen LogP) is 3.97. The third kappa shape index (κ3) is 2.97. The molecular formula is C16H15BrN4. The average Bonchev–Trinajstić information content (AvgIpc) is 2.97. The second-order valence-electron chi connectivity index (χ2n) is 4.94. The average molecular weight is 343 g/mol. The summed E-state index contributed by atoms with van der Waals surface area (Å²) in [5.74, 6) is 0.864. The third-order valence-electron chi connectivity index (χ3n) is 3.26. The van der Waals surface area contributed by atoms with E-state index in [0.717, 1.165) is 27.2 Å². The van der Waals surface area contributed by atoms with Crippen molar-refractivity contribution in [3.8, 4) is 22.6 Å². The first-order valence-electron chi connectivity index (χ1n) is 6.58. The molecule has 5 heteroatoms. The lowest BCUT2D eigenvalue weighted by Crippen LogP contribution is -2.07. The van der Waals surface area contributed by atoms with Gasteiger partial charge in [0.25, 0.3) is 0 Å². The molecule has 2 heterocycles. The Morgan fingerprint density at radius 3 is 2.48 bits per heavy atom. The van der Waals surface area contributed by atoms with Crippen LogP contribution in [0.2, 0.25) is 0 Å². The summed E-state index contributed by atoms with van der Waals surface area (Å²) in [4.78, 5) is 14.1. The van der Waals surface area contributed by atoms with Gasteiger partial charge in [0.15, 0.2) is 0 Å². The monoisotopic (exact) mass is 342 g/mol. The van der Waals surface area contributed by atoms with Gasteiger partial charge < -0.3 is 9.88 Å². The minimum absolute atomic E-state index is 0.805. The number of nitrogens with zero attached hydrogens (tertiary/aromatic N) is 3. The number of imidazole rings is 1. The van der Waals surface area contributed by atoms with E-state index < -0.39 is 0 Å². The Morgan fingerprint density at radius 1 is 1.05 bits per heavy atom. The number of nitrogens with one attached hydrogen (secondary N) is 1. The fourth-order valence-electron chi connectivity index (χ4n) is 2.10. The van der Waals surface area contributed by atoms with Crippen LogP contribution in [0.25, 0.3) is 22.6 Å². The van der Waals surface area contributed by atoms with E-state index in [4.69, 9.17) is 0 Å². The zero-order valence-corrected chi connectivity index (χ0v) is 13.4. The summed E-state index contributed by atoms with van der Waals surface area (Å²) in [6.45, 7) is 0. The number of halogens is 1. The zero-order valence-electron chi connectivity index (χ0n) is 11.8. The second kappa shape index (κ2) is 5.69. The number of aromatic nitrogens is 3. The summed E-state index contributed by atoms with van der Waals surface area (Å²) >= 11 is 3.38. The molecule has 106 valence electrons. The molecule has 3 aromatic rings. The van der Waals surface area contributed by atoms with Gasteiger partial charge in [0, 0.05) is 43.3 Å². The van der Waals surface area contributed by atoms with E-state index in [9.17, 15) is 0 Å². The van der Waals surface area contributed by atoms with Crippen molar-refractivity contribution in [3.63, 3.8) is 0 Å². The normalized spacial score (nSPS) is 10.6. The Labute approximate surface area is 132 Å². The Kier molecular flexibility index (Phi) is 3.75. The lowest BCUT2D eigenvalue weighted by atomic mass is 10.2. The molecule has 0 saturated heterocycles. The van der Waals surface area contributed by atoms with Crippen LogP contribution >= 0.6 is 15.9 Å². The third-order valence-corrected chi connectivity index (χ3v) is 3.69. The van der Waals surface area contributed by atoms with E-state index in [-0.39, 0.29) is 0 Å². The fourth-order valence-corrected chi connectivity index (χ4v) is 2.46. The van der Waals surface area contributed by atoms with Crippen LogP contribution in [-0.4, -0.2) is 29.0 Å². The maximum atomic E-state index is 4.65. The molecule has 1 N–H and O–H groups in total. The Balaban J connectivity index is 1.91. The van der Waals surface area contributed by atoms with Gasteiger partial charge in [-0.2, -0.15) is 0 Å². The molecule has 3 rings (SSSR count). The van der Waals surface area contributed by atoms with Crippen LogP contribution in [0.15, 0.2) is 53.4 Å². The molecule has 0 bridgehead atoms. The summed E-state index contributed by atoms with van der Waals surface area (Å²) in [5, 5.41) is 0. The highest BCUT2D eigenvalue weighted by Gasteiger charge is 2.07. The molecule has 0 saturated carbocycles. The van der Waals surface area contributed by atoms with Crippen molar-refractivity contribution < 1.29 is 0 Å². The molecular weight excluding hydrogens is 328 g/mol. The van der Waals surface area contributed by atoms with Crippen molar-refractivity contribution in [2.45, 2.75) is 0 Å². The zero-order chi connectivity index (χ0) is 14.8. The molecule has 0 atom stereocenters. The van der Waals surface area contributed by atoms with E-state index in [1.54, 1.807) is 6.20 Å². The maximum Gasteiger partial charge on any atom is 0.138 e. The van der Waals surface area contributed by atoms with E-state index in [1.165, 1.54) is 5.69 Å². The van der Waals surface area contributed by atoms with Gasteiger partial charge in [-0.15, -0.1) is 0 Å². The minimum atomic E-state index is 0.805. The largest absolute Gasteiger partial charge is 0.378 e. The Morgan fingerprint density at radius 2 is 1.81 bits per heavy atom. The van der Waals surface area contributed by atoms with Gasteiger partial charge in [-0.1, -0.05) is 0 Å². The van der Waals surface area contributed by atoms with Crippen molar-refractivity contribution in [1.82, 2.24) is 15.0 Å². The van der Waals surface area contributed by atoms with Gasteiger partial charge in [-0.05, 0) is 52.3 Å². The number of aromatic amines is 1. The number of rotatable bonds is 3. The van der Waals surface area contributed by atoms with Crippen molar-refractivity contribution in [2.75, 3.05) is 19.0 Å². The number of H-pyrrole nitrogens is 1. The van der Waals surface area contributed by atoms with E-state index in [0.29, 0.717) is 0 Å². The highest BCUT2D eigenvalue weighted by molar-refractivity contribution is 9.10. The topological polar surface area (TPSA) is 44.8 Å². The predicted molar refractivity (Wildman–Crippen MR) is 89.3 cm³/mol. The molecule has 0 aliphatic heterocycles. The first kappa shape index (κ1) is 13.8. The highest BCUT2D eigenvalue weighted by atomic mass is 79.9. The van der Waals surface area contributed by atoms with E-state index >= 15 is 0 Å². The molecule has 0 amide bonds. The SMILES string of the molecule is CN(C)c1ccc(-c2nc(-c3ccnc(Br)c3)c[nH]2)cc1. The smallest absolute Gasteiger partial charge is 0.138 e. The van der Waals surface area contributed by atoms with Gasteiger partial charge in [0.05, 0.1) is 5.69 Å². The molecule has 0 spiro atoms. The number of benzene rings is 1. The van der Waals surface area contributed by atoms with E-state index in [1.807, 2.05) is 32.4 Å². The van der Waals surface area contributed by atoms with Crippen molar-refractivity contribution in [1.29, 1.82) is 0 Å². The summed E-state index contributed by atoms with van der Waals surface area (Å²) < 4.78 is 0.805. The van der Waals surface area contributed by atoms with Crippen molar-refractivity contribution >= 4 is 21.6 Å². The summed E-state index contributed by atoms with van der Waals surface area (Å²) in [5.41, 5.74) is 4.18. The lowest BCUT2D eigenvalue weighted by Gasteiger charge is -2.12. The number of anilines is 1. The van der Waals surface area contributed by atoms with Gasteiger partial charge in [0.2, 0.25) is 0 Å². The molecule has 0 unspecified atom stereocenters. The molecule has 4 nitrogen and oxygen atoms in total. The van der Waals surface area contributed by atoms with Crippen LogP contribution in [-0.2, 0) is 0 Å². The maximum absolute atomic E-state index is 4.65. The van der Waals surface area contributed by atoms with Gasteiger partial charge >= 0.3 is 0 Å². The molecule has 0 radical (unpaired) electrons. The Hall–Kier alpha value is -2.14. The van der Waals surface area contributed by atoms with E-state index in [2.05, 4.69) is 60.0 Å². The fraction of sp³-hybridized carbons (Fsp3) is 0.125. The van der Waals surface area contributed by atoms with Crippen LogP contribution in [0.4, 0.5) is 5.69 Å². The first-order chi connectivity index (χ1) is 10.1. The lowest BCUT2D eigenvalue weighted by molar-refractivity contribution is 1.13. The molecule has 0 aliphatic carbocycles. The number of pyridine rings is 1. The van der Waals surface area contributed by atoms with Gasteiger partial charge in [-0.25, -0.2) is 9.97 Å².